The zero-order valence-electron chi connectivity index (χ0n) is 11.1. The highest BCUT2D eigenvalue weighted by Crippen LogP contribution is 2.38. The van der Waals surface area contributed by atoms with Crippen LogP contribution in [0.15, 0.2) is 23.2 Å². The van der Waals surface area contributed by atoms with Crippen LogP contribution in [0.3, 0.4) is 0 Å². The molecule has 2 atom stereocenters. The normalized spacial score (nSPS) is 25.8. The summed E-state index contributed by atoms with van der Waals surface area (Å²) >= 11 is 0. The molecule has 0 saturated carbocycles. The van der Waals surface area contributed by atoms with Gasteiger partial charge in [0.2, 0.25) is 5.91 Å². The van der Waals surface area contributed by atoms with Gasteiger partial charge in [-0.2, -0.15) is 0 Å². The van der Waals surface area contributed by atoms with Gasteiger partial charge in [-0.25, -0.2) is 13.2 Å². The van der Waals surface area contributed by atoms with Crippen molar-refractivity contribution in [1.29, 1.82) is 0 Å². The van der Waals surface area contributed by atoms with E-state index in [9.17, 15) is 18.0 Å². The number of hydrogen-bond donors (Lipinski definition) is 2. The number of hydrogen-bond acceptors (Lipinski definition) is 4. The van der Waals surface area contributed by atoms with Crippen molar-refractivity contribution in [1.82, 2.24) is 0 Å². The Balaban J connectivity index is 2.64. The van der Waals surface area contributed by atoms with Crippen LogP contribution >= 0.6 is 0 Å². The summed E-state index contributed by atoms with van der Waals surface area (Å²) in [4.78, 5) is 14.9. The number of carbonyl (C=O) groups excluding carboxylic acids is 1. The molecule has 0 unspecified atom stereocenters. The van der Waals surface area contributed by atoms with Gasteiger partial charge in [0.05, 0.1) is 6.61 Å². The number of amides is 1. The van der Waals surface area contributed by atoms with Crippen LogP contribution in [0.1, 0.15) is 22.8 Å². The summed E-state index contributed by atoms with van der Waals surface area (Å²) in [5, 5.41) is 0. The Morgan fingerprint density at radius 2 is 2.19 bits per heavy atom. The molecule has 114 valence electrons. The molecule has 1 aliphatic heterocycles. The molecule has 1 amide bonds. The average molecular weight is 301 g/mol. The maximum absolute atomic E-state index is 14.0. The van der Waals surface area contributed by atoms with E-state index in [1.54, 1.807) is 6.92 Å². The number of ether oxygens (including phenoxy) is 1. The molecule has 1 aromatic carbocycles. The predicted octanol–water partition coefficient (Wildman–Crippen LogP) is 1.16. The largest absolute Gasteiger partial charge is 0.385 e. The van der Waals surface area contributed by atoms with Gasteiger partial charge in [-0.3, -0.25) is 9.79 Å². The van der Waals surface area contributed by atoms with E-state index in [0.29, 0.717) is 0 Å². The van der Waals surface area contributed by atoms with E-state index in [1.165, 1.54) is 0 Å². The maximum atomic E-state index is 14.0. The van der Waals surface area contributed by atoms with Crippen LogP contribution in [-0.4, -0.2) is 30.9 Å². The van der Waals surface area contributed by atoms with E-state index in [-0.39, 0.29) is 11.4 Å². The first-order chi connectivity index (χ1) is 9.78. The highest BCUT2D eigenvalue weighted by Gasteiger charge is 2.47. The summed E-state index contributed by atoms with van der Waals surface area (Å²) in [6.45, 7) is 0.996. The lowest BCUT2D eigenvalue weighted by Gasteiger charge is -2.35. The minimum absolute atomic E-state index is 0.0983. The summed E-state index contributed by atoms with van der Waals surface area (Å²) in [5.74, 6) is -1.96. The molecule has 0 radical (unpaired) electrons. The van der Waals surface area contributed by atoms with Crippen molar-refractivity contribution in [3.63, 3.8) is 0 Å². The SMILES string of the molecule is C[C@@H]1OC[C@@](c2cc(C(N)=O)ccc2F)(C(F)F)N=C1N. The lowest BCUT2D eigenvalue weighted by molar-refractivity contribution is -0.0340. The van der Waals surface area contributed by atoms with E-state index in [2.05, 4.69) is 4.99 Å². The lowest BCUT2D eigenvalue weighted by Crippen LogP contribution is -2.48. The zero-order chi connectivity index (χ0) is 15.8. The van der Waals surface area contributed by atoms with E-state index in [1.807, 2.05) is 0 Å². The molecule has 0 bridgehead atoms. The Morgan fingerprint density at radius 3 is 2.71 bits per heavy atom. The Hall–Kier alpha value is -2.09. The standard InChI is InChI=1S/C13H14F3N3O2/c1-6-10(17)19-13(5-21-6,12(15)16)8-4-7(11(18)20)2-3-9(8)14/h2-4,6,12H,5H2,1H3,(H2,17,19)(H2,18,20)/t6-,13+/m0/s1. The molecule has 21 heavy (non-hydrogen) atoms. The minimum Gasteiger partial charge on any atom is -0.385 e. The van der Waals surface area contributed by atoms with Crippen LogP contribution in [0.5, 0.6) is 0 Å². The molecule has 0 aromatic heterocycles. The number of benzene rings is 1. The Morgan fingerprint density at radius 1 is 1.52 bits per heavy atom. The highest BCUT2D eigenvalue weighted by molar-refractivity contribution is 5.93. The number of carbonyl (C=O) groups is 1. The van der Waals surface area contributed by atoms with Gasteiger partial charge in [0.1, 0.15) is 17.8 Å². The van der Waals surface area contributed by atoms with Gasteiger partial charge in [-0.1, -0.05) is 0 Å². The lowest BCUT2D eigenvalue weighted by atomic mass is 9.88. The average Bonchev–Trinajstić information content (AvgIpc) is 2.42. The molecule has 1 heterocycles. The highest BCUT2D eigenvalue weighted by atomic mass is 19.3. The number of halogens is 3. The fraction of sp³-hybridized carbons (Fsp3) is 0.385. The summed E-state index contributed by atoms with van der Waals surface area (Å²) < 4.78 is 46.3. The monoisotopic (exact) mass is 301 g/mol. The van der Waals surface area contributed by atoms with Crippen molar-refractivity contribution in [3.05, 3.63) is 35.1 Å². The smallest absolute Gasteiger partial charge is 0.269 e. The second kappa shape index (κ2) is 5.36. The van der Waals surface area contributed by atoms with Crippen LogP contribution in [0.25, 0.3) is 0 Å². The number of aliphatic imine (C=N–C) groups is 1. The van der Waals surface area contributed by atoms with Crippen molar-refractivity contribution >= 4 is 11.7 Å². The van der Waals surface area contributed by atoms with Crippen LogP contribution in [0.2, 0.25) is 0 Å². The summed E-state index contributed by atoms with van der Waals surface area (Å²) in [5.41, 5.74) is 7.79. The van der Waals surface area contributed by atoms with Gasteiger partial charge >= 0.3 is 0 Å². The Labute approximate surface area is 118 Å². The molecule has 0 spiro atoms. The summed E-state index contributed by atoms with van der Waals surface area (Å²) in [6.07, 6.45) is -3.71. The molecular weight excluding hydrogens is 287 g/mol. The second-order valence-corrected chi connectivity index (χ2v) is 4.77. The number of alkyl halides is 2. The molecule has 1 aromatic rings. The number of primary amides is 1. The zero-order valence-corrected chi connectivity index (χ0v) is 11.1. The third-order valence-corrected chi connectivity index (χ3v) is 3.38. The first-order valence-electron chi connectivity index (χ1n) is 6.12. The van der Waals surface area contributed by atoms with Gasteiger partial charge in [0.15, 0.2) is 5.54 Å². The van der Waals surface area contributed by atoms with Gasteiger partial charge in [0, 0.05) is 11.1 Å². The minimum atomic E-state index is -3.07. The third-order valence-electron chi connectivity index (χ3n) is 3.38. The first kappa shape index (κ1) is 15.3. The van der Waals surface area contributed by atoms with Gasteiger partial charge in [-0.15, -0.1) is 0 Å². The molecule has 0 aliphatic carbocycles. The Bertz CT molecular complexity index is 606. The van der Waals surface area contributed by atoms with Gasteiger partial charge in [0.25, 0.3) is 6.43 Å². The van der Waals surface area contributed by atoms with Gasteiger partial charge < -0.3 is 16.2 Å². The number of nitrogens with zero attached hydrogens (tertiary/aromatic N) is 1. The van der Waals surface area contributed by atoms with E-state index >= 15 is 0 Å². The second-order valence-electron chi connectivity index (χ2n) is 4.77. The summed E-state index contributed by atoms with van der Waals surface area (Å²) in [7, 11) is 0. The molecule has 8 heteroatoms. The van der Waals surface area contributed by atoms with Crippen molar-refractivity contribution in [2.75, 3.05) is 6.61 Å². The van der Waals surface area contributed by atoms with Crippen LogP contribution < -0.4 is 11.5 Å². The molecular formula is C13H14F3N3O2. The number of rotatable bonds is 3. The molecule has 5 nitrogen and oxygen atoms in total. The fourth-order valence-corrected chi connectivity index (χ4v) is 2.07. The van der Waals surface area contributed by atoms with Crippen LogP contribution in [0, 0.1) is 5.82 Å². The van der Waals surface area contributed by atoms with Crippen LogP contribution in [-0.2, 0) is 10.3 Å². The van der Waals surface area contributed by atoms with Crippen molar-refractivity contribution in [3.8, 4) is 0 Å². The first-order valence-corrected chi connectivity index (χ1v) is 6.12. The molecule has 1 aliphatic rings. The topological polar surface area (TPSA) is 90.7 Å². The van der Waals surface area contributed by atoms with Gasteiger partial charge in [-0.05, 0) is 25.1 Å². The molecule has 0 fully saturated rings. The number of amidine groups is 1. The predicted molar refractivity (Wildman–Crippen MR) is 69.6 cm³/mol. The van der Waals surface area contributed by atoms with E-state index < -0.39 is 42.0 Å². The van der Waals surface area contributed by atoms with Crippen molar-refractivity contribution < 1.29 is 22.7 Å². The van der Waals surface area contributed by atoms with E-state index in [0.717, 1.165) is 18.2 Å². The Kier molecular flexibility index (Phi) is 3.91. The van der Waals surface area contributed by atoms with E-state index in [4.69, 9.17) is 16.2 Å². The molecule has 0 saturated heterocycles. The molecule has 4 N–H and O–H groups in total. The summed E-state index contributed by atoms with van der Waals surface area (Å²) in [6, 6.07) is 2.96. The van der Waals surface area contributed by atoms with Crippen molar-refractivity contribution in [2.24, 2.45) is 16.5 Å². The maximum Gasteiger partial charge on any atom is 0.269 e. The molecule has 2 rings (SSSR count). The third kappa shape index (κ3) is 2.58. The quantitative estimate of drug-likeness (QED) is 0.877. The fourth-order valence-electron chi connectivity index (χ4n) is 2.07. The van der Waals surface area contributed by atoms with Crippen LogP contribution in [0.4, 0.5) is 13.2 Å². The van der Waals surface area contributed by atoms with Crippen molar-refractivity contribution in [2.45, 2.75) is 25.0 Å². The number of nitrogens with two attached hydrogens (primary N) is 2.